The summed E-state index contributed by atoms with van der Waals surface area (Å²) in [6.45, 7) is 2.17. The van der Waals surface area contributed by atoms with Crippen molar-refractivity contribution in [1.82, 2.24) is 0 Å². The molecule has 326 valence electrons. The second kappa shape index (κ2) is 16.9. The van der Waals surface area contributed by atoms with Crippen LogP contribution in [0, 0.1) is 12.8 Å². The molecule has 0 aromatic heterocycles. The topological polar surface area (TPSA) is 6.48 Å². The molecule has 0 N–H and O–H groups in total. The van der Waals surface area contributed by atoms with Crippen molar-refractivity contribution in [3.8, 4) is 22.3 Å². The van der Waals surface area contributed by atoms with Crippen LogP contribution in [0.1, 0.15) is 12.0 Å². The molecule has 0 amide bonds. The number of hydrogen-bond acceptors (Lipinski definition) is 2. The van der Waals surface area contributed by atoms with Gasteiger partial charge in [-0.1, -0.05) is 194 Å². The van der Waals surface area contributed by atoms with E-state index in [1.54, 1.807) is 0 Å². The average Bonchev–Trinajstić information content (AvgIpc) is 3.41. The van der Waals surface area contributed by atoms with Gasteiger partial charge in [0, 0.05) is 40.1 Å². The Morgan fingerprint density at radius 3 is 1.38 bits per heavy atom. The molecule has 0 aliphatic heterocycles. The Labute approximate surface area is 403 Å². The minimum Gasteiger partial charge on any atom is -0.311 e. The molecule has 13 rings (SSSR count). The summed E-state index contributed by atoms with van der Waals surface area (Å²) in [5.41, 5.74) is 14.2. The van der Waals surface area contributed by atoms with E-state index >= 15 is 0 Å². The van der Waals surface area contributed by atoms with Crippen LogP contribution in [-0.4, -0.2) is 0 Å². The molecule has 0 saturated carbocycles. The third-order valence-electron chi connectivity index (χ3n) is 14.3. The van der Waals surface area contributed by atoms with Gasteiger partial charge in [-0.25, -0.2) is 0 Å². The summed E-state index contributed by atoms with van der Waals surface area (Å²) in [5, 5.41) is 12.2. The first-order chi connectivity index (χ1) is 34.1. The summed E-state index contributed by atoms with van der Waals surface area (Å²) >= 11 is 0. The molecule has 2 nitrogen and oxygen atoms in total. The summed E-state index contributed by atoms with van der Waals surface area (Å²) in [7, 11) is 0. The zero-order valence-electron chi connectivity index (χ0n) is 38.4. The van der Waals surface area contributed by atoms with Crippen molar-refractivity contribution in [2.45, 2.75) is 13.3 Å². The highest BCUT2D eigenvalue weighted by Gasteiger charge is 2.25. The first kappa shape index (κ1) is 40.5. The van der Waals surface area contributed by atoms with Crippen molar-refractivity contribution in [2.75, 3.05) is 9.80 Å². The van der Waals surface area contributed by atoms with Crippen LogP contribution in [0.5, 0.6) is 0 Å². The Kier molecular flexibility index (Phi) is 9.91. The lowest BCUT2D eigenvalue weighted by Gasteiger charge is -2.31. The van der Waals surface area contributed by atoms with Crippen LogP contribution in [0.3, 0.4) is 0 Å². The molecule has 2 aliphatic carbocycles. The van der Waals surface area contributed by atoms with Gasteiger partial charge in [0.15, 0.2) is 0 Å². The smallest absolute Gasteiger partial charge is 0.0468 e. The number of aryl methyl sites for hydroxylation is 1. The van der Waals surface area contributed by atoms with Gasteiger partial charge in [-0.05, 0) is 162 Å². The van der Waals surface area contributed by atoms with Gasteiger partial charge in [-0.3, -0.25) is 0 Å². The molecule has 2 aliphatic rings. The summed E-state index contributed by atoms with van der Waals surface area (Å²) in [5.74, 6) is 0.394. The summed E-state index contributed by atoms with van der Waals surface area (Å²) < 4.78 is 0. The highest BCUT2D eigenvalue weighted by Crippen LogP contribution is 2.49. The monoisotopic (exact) mass is 880 g/mol. The molecular formula is C67H48N2. The molecule has 69 heavy (non-hydrogen) atoms. The van der Waals surface area contributed by atoms with Crippen molar-refractivity contribution in [3.05, 3.63) is 272 Å². The zero-order valence-corrected chi connectivity index (χ0v) is 38.4. The normalized spacial score (nSPS) is 14.3. The standard InChI is InChI=1S/C67H48N2/c1-45-23-25-51(26-24-45)67-63-38-36-60(68(56-31-27-46-13-5-9-19-52(46)39-56)57-32-28-47-14-6-10-20-53(47)40-57)43-64(63)66(50-17-3-2-4-18-50)62-37-35-61(44-65(62)67)69(58-33-29-48-15-7-11-21-54(48)41-58)59-34-30-49-16-8-12-22-55(49)42-59/h2-27,29-44,47H,28H2,1H3. The van der Waals surface area contributed by atoms with E-state index in [0.717, 1.165) is 34.9 Å². The molecule has 1 atom stereocenters. The molecule has 1 unspecified atom stereocenters. The second-order valence-corrected chi connectivity index (χ2v) is 18.6. The predicted molar refractivity (Wildman–Crippen MR) is 295 cm³/mol. The highest BCUT2D eigenvalue weighted by atomic mass is 15.2. The van der Waals surface area contributed by atoms with Gasteiger partial charge < -0.3 is 9.80 Å². The molecule has 0 heterocycles. The number of rotatable bonds is 8. The number of hydrogen-bond donors (Lipinski definition) is 0. The van der Waals surface area contributed by atoms with Crippen molar-refractivity contribution in [2.24, 2.45) is 5.92 Å². The van der Waals surface area contributed by atoms with E-state index in [4.69, 9.17) is 0 Å². The molecule has 0 bridgehead atoms. The van der Waals surface area contributed by atoms with Gasteiger partial charge >= 0.3 is 0 Å². The number of allylic oxidation sites excluding steroid dienone is 7. The fourth-order valence-electron chi connectivity index (χ4n) is 10.9. The largest absolute Gasteiger partial charge is 0.311 e. The quantitative estimate of drug-likeness (QED) is 0.140. The Morgan fingerprint density at radius 1 is 0.377 bits per heavy atom. The molecule has 0 fully saturated rings. The van der Waals surface area contributed by atoms with Crippen molar-refractivity contribution in [3.63, 3.8) is 0 Å². The van der Waals surface area contributed by atoms with Crippen molar-refractivity contribution >= 4 is 82.3 Å². The van der Waals surface area contributed by atoms with Crippen LogP contribution < -0.4 is 9.80 Å². The molecule has 0 spiro atoms. The number of fused-ring (bicyclic) bond motifs is 6. The van der Waals surface area contributed by atoms with Crippen LogP contribution in [0.15, 0.2) is 266 Å². The van der Waals surface area contributed by atoms with E-state index < -0.39 is 0 Å². The maximum atomic E-state index is 2.47. The summed E-state index contributed by atoms with van der Waals surface area (Å²) in [6.07, 6.45) is 14.7. The fraction of sp³-hybridized carbons (Fsp3) is 0.0448. The molecule has 2 heteroatoms. The fourth-order valence-corrected chi connectivity index (χ4v) is 10.9. The van der Waals surface area contributed by atoms with Gasteiger partial charge in [0.2, 0.25) is 0 Å². The molecule has 11 aromatic rings. The van der Waals surface area contributed by atoms with Crippen molar-refractivity contribution in [1.29, 1.82) is 0 Å². The van der Waals surface area contributed by atoms with Gasteiger partial charge in [0.25, 0.3) is 0 Å². The lowest BCUT2D eigenvalue weighted by atomic mass is 9.85. The third-order valence-corrected chi connectivity index (χ3v) is 14.3. The maximum Gasteiger partial charge on any atom is 0.0468 e. The van der Waals surface area contributed by atoms with E-state index in [2.05, 4.69) is 272 Å². The first-order valence-electron chi connectivity index (χ1n) is 24.1. The summed E-state index contributed by atoms with van der Waals surface area (Å²) in [6, 6.07) is 81.0. The van der Waals surface area contributed by atoms with Gasteiger partial charge in [0.05, 0.1) is 0 Å². The SMILES string of the molecule is Cc1ccc(-c2c3ccc(N(C4=CCC5C=CC=CC5=C4)c4ccc5ccccc5c4)cc3c(-c3ccccc3)c3ccc(N(c4ccc5ccccc5c4)c4ccc5ccccc5c4)cc23)cc1. The number of nitrogens with zero attached hydrogens (tertiary/aromatic N) is 2. The van der Waals surface area contributed by atoms with E-state index in [9.17, 15) is 0 Å². The van der Waals surface area contributed by atoms with Crippen LogP contribution in [0.2, 0.25) is 0 Å². The highest BCUT2D eigenvalue weighted by molar-refractivity contribution is 6.22. The third kappa shape index (κ3) is 7.30. The minimum atomic E-state index is 0.394. The lowest BCUT2D eigenvalue weighted by Crippen LogP contribution is -2.19. The molecule has 0 saturated heterocycles. The second-order valence-electron chi connectivity index (χ2n) is 18.6. The zero-order chi connectivity index (χ0) is 45.8. The lowest BCUT2D eigenvalue weighted by molar-refractivity contribution is 0.768. The van der Waals surface area contributed by atoms with Crippen LogP contribution in [0.4, 0.5) is 28.4 Å². The molecule has 11 aromatic carbocycles. The van der Waals surface area contributed by atoms with Gasteiger partial charge in [0.1, 0.15) is 0 Å². The van der Waals surface area contributed by atoms with Crippen LogP contribution in [-0.2, 0) is 0 Å². The Morgan fingerprint density at radius 2 is 0.826 bits per heavy atom. The van der Waals surface area contributed by atoms with E-state index in [1.807, 2.05) is 0 Å². The molecular weight excluding hydrogens is 833 g/mol. The Balaban J connectivity index is 1.08. The van der Waals surface area contributed by atoms with Gasteiger partial charge in [-0.15, -0.1) is 0 Å². The maximum absolute atomic E-state index is 2.47. The van der Waals surface area contributed by atoms with E-state index in [0.29, 0.717) is 5.92 Å². The van der Waals surface area contributed by atoms with Gasteiger partial charge in [-0.2, -0.15) is 0 Å². The Bertz CT molecular complexity index is 3870. The number of benzene rings is 11. The molecule has 0 radical (unpaired) electrons. The van der Waals surface area contributed by atoms with E-state index in [1.165, 1.54) is 92.9 Å². The van der Waals surface area contributed by atoms with Crippen LogP contribution >= 0.6 is 0 Å². The van der Waals surface area contributed by atoms with Crippen molar-refractivity contribution < 1.29 is 0 Å². The minimum absolute atomic E-state index is 0.394. The average molecular weight is 881 g/mol. The first-order valence-corrected chi connectivity index (χ1v) is 24.1. The number of anilines is 5. The summed E-state index contributed by atoms with van der Waals surface area (Å²) in [4.78, 5) is 4.91. The Hall–Kier alpha value is -8.72. The van der Waals surface area contributed by atoms with E-state index in [-0.39, 0.29) is 0 Å². The predicted octanol–water partition coefficient (Wildman–Crippen LogP) is 18.7. The van der Waals surface area contributed by atoms with Crippen LogP contribution in [0.25, 0.3) is 76.1 Å².